The number of benzene rings is 1. The van der Waals surface area contributed by atoms with Crippen LogP contribution in [0, 0.1) is 29.6 Å². The van der Waals surface area contributed by atoms with E-state index in [0.717, 1.165) is 31.2 Å². The molecule has 0 spiro atoms. The third-order valence-corrected chi connectivity index (χ3v) is 7.63. The molecule has 1 aromatic carbocycles. The number of aliphatic hydroxyl groups excluding tert-OH is 1. The summed E-state index contributed by atoms with van der Waals surface area (Å²) < 4.78 is 0. The lowest BCUT2D eigenvalue weighted by Gasteiger charge is -2.61. The van der Waals surface area contributed by atoms with E-state index in [1.54, 1.807) is 0 Å². The second-order valence-electron chi connectivity index (χ2n) is 9.30. The van der Waals surface area contributed by atoms with E-state index in [-0.39, 0.29) is 18.3 Å². The largest absolute Gasteiger partial charge is 0.391 e. The Balaban J connectivity index is 1.49. The molecule has 0 radical (unpaired) electrons. The molecule has 5 nitrogen and oxygen atoms in total. The highest BCUT2D eigenvalue weighted by Crippen LogP contribution is 2.60. The Kier molecular flexibility index (Phi) is 5.04. The Labute approximate surface area is 161 Å². The van der Waals surface area contributed by atoms with Gasteiger partial charge in [0, 0.05) is 6.04 Å². The molecule has 27 heavy (non-hydrogen) atoms. The quantitative estimate of drug-likeness (QED) is 0.583. The molecule has 0 saturated heterocycles. The van der Waals surface area contributed by atoms with Gasteiger partial charge in [-0.3, -0.25) is 4.79 Å². The van der Waals surface area contributed by atoms with Crippen molar-refractivity contribution in [2.75, 3.05) is 0 Å². The second-order valence-corrected chi connectivity index (χ2v) is 9.30. The number of hydrogen-bond donors (Lipinski definition) is 4. The minimum Gasteiger partial charge on any atom is -0.391 e. The summed E-state index contributed by atoms with van der Waals surface area (Å²) in [6, 6.07) is 9.29. The highest BCUT2D eigenvalue weighted by Gasteiger charge is 2.60. The maximum Gasteiger partial charge on any atom is 0.223 e. The zero-order valence-electron chi connectivity index (χ0n) is 15.8. The first-order chi connectivity index (χ1) is 12.9. The van der Waals surface area contributed by atoms with E-state index < -0.39 is 29.6 Å². The molecule has 1 aromatic rings. The van der Waals surface area contributed by atoms with Crippen LogP contribution in [0.15, 0.2) is 30.3 Å². The minimum atomic E-state index is -1.08. The molecular weight excluding hydrogens is 340 g/mol. The molecule has 4 aliphatic rings. The van der Waals surface area contributed by atoms with Crippen molar-refractivity contribution in [3.63, 3.8) is 0 Å². The van der Waals surface area contributed by atoms with Gasteiger partial charge in [0.25, 0.3) is 0 Å². The SMILES string of the molecule is NC(=O)[C@@H](C[C@H](O)[C@@H](N)Cc1ccccc1)C1(O)C2CC3CC(C2)CC1C3. The number of amides is 1. The van der Waals surface area contributed by atoms with Gasteiger partial charge in [-0.2, -0.15) is 0 Å². The normalized spacial score (nSPS) is 37.7. The van der Waals surface area contributed by atoms with Crippen LogP contribution < -0.4 is 11.5 Å². The van der Waals surface area contributed by atoms with E-state index in [1.165, 1.54) is 6.42 Å². The van der Waals surface area contributed by atoms with Gasteiger partial charge in [0.15, 0.2) is 0 Å². The Morgan fingerprint density at radius 3 is 2.15 bits per heavy atom. The second kappa shape index (κ2) is 7.19. The lowest BCUT2D eigenvalue weighted by atomic mass is 9.47. The molecule has 5 rings (SSSR count). The van der Waals surface area contributed by atoms with Crippen molar-refractivity contribution in [1.82, 2.24) is 0 Å². The van der Waals surface area contributed by atoms with E-state index in [0.29, 0.717) is 18.3 Å². The fourth-order valence-electron chi connectivity index (χ4n) is 6.48. The molecule has 4 bridgehead atoms. The first-order valence-corrected chi connectivity index (χ1v) is 10.4. The fraction of sp³-hybridized carbons (Fsp3) is 0.682. The third-order valence-electron chi connectivity index (χ3n) is 7.63. The zero-order chi connectivity index (χ0) is 19.2. The van der Waals surface area contributed by atoms with E-state index in [2.05, 4.69) is 0 Å². The average molecular weight is 373 g/mol. The van der Waals surface area contributed by atoms with Crippen molar-refractivity contribution in [1.29, 1.82) is 0 Å². The summed E-state index contributed by atoms with van der Waals surface area (Å²) in [5.41, 5.74) is 12.0. The van der Waals surface area contributed by atoms with E-state index in [9.17, 15) is 15.0 Å². The highest BCUT2D eigenvalue weighted by molar-refractivity contribution is 5.78. The summed E-state index contributed by atoms with van der Waals surface area (Å²) in [7, 11) is 0. The molecule has 3 atom stereocenters. The van der Waals surface area contributed by atoms with Gasteiger partial charge < -0.3 is 21.7 Å². The van der Waals surface area contributed by atoms with Gasteiger partial charge in [0.1, 0.15) is 0 Å². The van der Waals surface area contributed by atoms with Crippen LogP contribution in [0.25, 0.3) is 0 Å². The Bertz CT molecular complexity index is 649. The molecule has 6 N–H and O–H groups in total. The molecule has 0 aliphatic heterocycles. The summed E-state index contributed by atoms with van der Waals surface area (Å²) in [5.74, 6) is 0.394. The van der Waals surface area contributed by atoms with Crippen LogP contribution in [-0.2, 0) is 11.2 Å². The Morgan fingerprint density at radius 1 is 1.07 bits per heavy atom. The van der Waals surface area contributed by atoms with Crippen LogP contribution >= 0.6 is 0 Å². The van der Waals surface area contributed by atoms with Gasteiger partial charge in [-0.25, -0.2) is 0 Å². The van der Waals surface area contributed by atoms with Crippen LogP contribution in [0.1, 0.15) is 44.1 Å². The lowest BCUT2D eigenvalue weighted by molar-refractivity contribution is -0.206. The number of rotatable bonds is 7. The molecule has 4 saturated carbocycles. The molecule has 1 amide bonds. The average Bonchev–Trinajstić information content (AvgIpc) is 2.63. The van der Waals surface area contributed by atoms with Gasteiger partial charge in [-0.05, 0) is 74.2 Å². The third kappa shape index (κ3) is 3.41. The highest BCUT2D eigenvalue weighted by atomic mass is 16.3. The molecule has 5 heteroatoms. The van der Waals surface area contributed by atoms with Crippen molar-refractivity contribution in [2.45, 2.75) is 62.7 Å². The van der Waals surface area contributed by atoms with Crippen molar-refractivity contribution in [3.8, 4) is 0 Å². The predicted octanol–water partition coefficient (Wildman–Crippen LogP) is 1.60. The van der Waals surface area contributed by atoms with Crippen LogP contribution in [0.4, 0.5) is 0 Å². The first kappa shape index (κ1) is 18.9. The molecule has 148 valence electrons. The summed E-state index contributed by atoms with van der Waals surface area (Å²) in [6.07, 6.45) is 5.02. The van der Waals surface area contributed by atoms with Gasteiger partial charge in [-0.15, -0.1) is 0 Å². The maximum atomic E-state index is 12.4. The van der Waals surface area contributed by atoms with E-state index in [4.69, 9.17) is 11.5 Å². The number of nitrogens with two attached hydrogens (primary N) is 2. The summed E-state index contributed by atoms with van der Waals surface area (Å²) >= 11 is 0. The fourth-order valence-corrected chi connectivity index (χ4v) is 6.48. The van der Waals surface area contributed by atoms with Crippen molar-refractivity contribution < 1.29 is 15.0 Å². The maximum absolute atomic E-state index is 12.4. The van der Waals surface area contributed by atoms with Crippen molar-refractivity contribution in [3.05, 3.63) is 35.9 Å². The predicted molar refractivity (Wildman–Crippen MR) is 103 cm³/mol. The Morgan fingerprint density at radius 2 is 1.63 bits per heavy atom. The van der Waals surface area contributed by atoms with E-state index >= 15 is 0 Å². The minimum absolute atomic E-state index is 0.129. The first-order valence-electron chi connectivity index (χ1n) is 10.4. The molecular formula is C22H32N2O3. The molecule has 0 aromatic heterocycles. The molecule has 0 heterocycles. The smallest absolute Gasteiger partial charge is 0.223 e. The topological polar surface area (TPSA) is 110 Å². The van der Waals surface area contributed by atoms with Crippen molar-refractivity contribution in [2.24, 2.45) is 41.1 Å². The molecule has 0 unspecified atom stereocenters. The zero-order valence-corrected chi connectivity index (χ0v) is 15.8. The number of aliphatic hydroxyl groups is 2. The molecule has 4 fully saturated rings. The van der Waals surface area contributed by atoms with Crippen LogP contribution in [-0.4, -0.2) is 33.9 Å². The van der Waals surface area contributed by atoms with Crippen LogP contribution in [0.2, 0.25) is 0 Å². The van der Waals surface area contributed by atoms with Gasteiger partial charge >= 0.3 is 0 Å². The number of carbonyl (C=O) groups is 1. The summed E-state index contributed by atoms with van der Waals surface area (Å²) in [6.45, 7) is 0. The van der Waals surface area contributed by atoms with Crippen molar-refractivity contribution >= 4 is 5.91 Å². The van der Waals surface area contributed by atoms with Crippen LogP contribution in [0.3, 0.4) is 0 Å². The Hall–Kier alpha value is -1.43. The number of carbonyl (C=O) groups excluding carboxylic acids is 1. The summed E-state index contributed by atoms with van der Waals surface area (Å²) in [5, 5.41) is 22.4. The van der Waals surface area contributed by atoms with Gasteiger partial charge in [0.2, 0.25) is 5.91 Å². The summed E-state index contributed by atoms with van der Waals surface area (Å²) in [4.78, 5) is 12.4. The van der Waals surface area contributed by atoms with E-state index in [1.807, 2.05) is 30.3 Å². The monoisotopic (exact) mass is 372 g/mol. The van der Waals surface area contributed by atoms with Crippen LogP contribution in [0.5, 0.6) is 0 Å². The van der Waals surface area contributed by atoms with Gasteiger partial charge in [0.05, 0.1) is 17.6 Å². The van der Waals surface area contributed by atoms with Gasteiger partial charge in [-0.1, -0.05) is 30.3 Å². The lowest BCUT2D eigenvalue weighted by Crippen LogP contribution is -2.64. The number of primary amides is 1. The standard InChI is InChI=1S/C22H32N2O3/c23-19(11-13-4-2-1-3-5-13)20(25)12-18(21(24)26)22(27)16-7-14-6-15(9-16)10-17(22)8-14/h1-5,14-20,25,27H,6-12,23H2,(H2,24,26)/t14?,15?,16?,17?,18-,19+,20+,22?/m1/s1. The number of hydrogen-bond acceptors (Lipinski definition) is 4. The molecule has 4 aliphatic carbocycles.